The van der Waals surface area contributed by atoms with Crippen LogP contribution in [0.1, 0.15) is 5.69 Å². The summed E-state index contributed by atoms with van der Waals surface area (Å²) < 4.78 is 11.3. The summed E-state index contributed by atoms with van der Waals surface area (Å²) in [5.41, 5.74) is 0.674. The van der Waals surface area contributed by atoms with E-state index < -0.39 is 0 Å². The highest BCUT2D eigenvalue weighted by Gasteiger charge is 1.81. The molecule has 0 aliphatic carbocycles. The van der Waals surface area contributed by atoms with Crippen LogP contribution in [0.4, 0.5) is 4.39 Å². The van der Waals surface area contributed by atoms with Crippen molar-refractivity contribution in [1.29, 1.82) is 0 Å². The van der Waals surface area contributed by atoms with Gasteiger partial charge in [-0.2, -0.15) is 5.10 Å². The van der Waals surface area contributed by atoms with Crippen molar-refractivity contribution in [2.45, 2.75) is 0 Å². The first-order chi connectivity index (χ1) is 3.93. The first kappa shape index (κ1) is 5.03. The number of rotatable bonds is 1. The Kier molecular flexibility index (Phi) is 1.42. The second-order valence-electron chi connectivity index (χ2n) is 1.30. The van der Waals surface area contributed by atoms with Crippen LogP contribution < -0.4 is 0 Å². The van der Waals surface area contributed by atoms with Gasteiger partial charge in [-0.1, -0.05) is 0 Å². The quantitative estimate of drug-likeness (QED) is 0.583. The molecule has 0 unspecified atom stereocenters. The second-order valence-corrected chi connectivity index (χ2v) is 1.30. The Labute approximate surface area is 46.0 Å². The minimum atomic E-state index is 0.466. The van der Waals surface area contributed by atoms with Gasteiger partial charge in [-0.05, 0) is 12.1 Å². The topological polar surface area (TPSA) is 28.7 Å². The van der Waals surface area contributed by atoms with Gasteiger partial charge in [0, 0.05) is 6.20 Å². The maximum Gasteiger partial charge on any atom is 0.0888 e. The van der Waals surface area contributed by atoms with Gasteiger partial charge < -0.3 is 0 Å². The molecule has 0 aliphatic heterocycles. The monoisotopic (exact) mass is 112 g/mol. The number of aromatic amines is 1. The normalized spacial score (nSPS) is 10.6. The van der Waals surface area contributed by atoms with Crippen molar-refractivity contribution in [3.63, 3.8) is 0 Å². The molecule has 1 heterocycles. The average Bonchev–Trinajstić information content (AvgIpc) is 2.19. The molecule has 0 atom stereocenters. The zero-order chi connectivity index (χ0) is 5.82. The van der Waals surface area contributed by atoms with Gasteiger partial charge in [0.1, 0.15) is 0 Å². The van der Waals surface area contributed by atoms with Gasteiger partial charge in [-0.15, -0.1) is 0 Å². The van der Waals surface area contributed by atoms with Crippen LogP contribution in [0.15, 0.2) is 18.6 Å². The number of aromatic nitrogens is 2. The highest BCUT2D eigenvalue weighted by Crippen LogP contribution is 1.93. The Morgan fingerprint density at radius 1 is 1.75 bits per heavy atom. The third-order valence-electron chi connectivity index (χ3n) is 0.765. The van der Waals surface area contributed by atoms with Crippen molar-refractivity contribution in [3.05, 3.63) is 24.3 Å². The van der Waals surface area contributed by atoms with Crippen molar-refractivity contribution < 1.29 is 4.39 Å². The third kappa shape index (κ3) is 0.932. The Morgan fingerprint density at radius 3 is 3.12 bits per heavy atom. The second kappa shape index (κ2) is 2.26. The van der Waals surface area contributed by atoms with Crippen LogP contribution in [0.25, 0.3) is 6.08 Å². The summed E-state index contributed by atoms with van der Waals surface area (Å²) in [5, 5.41) is 6.16. The molecule has 0 bridgehead atoms. The molecular weight excluding hydrogens is 107 g/mol. The highest BCUT2D eigenvalue weighted by atomic mass is 19.1. The molecule has 0 spiro atoms. The van der Waals surface area contributed by atoms with E-state index in [0.29, 0.717) is 12.0 Å². The molecule has 1 aromatic rings. The number of nitrogens with one attached hydrogen (secondary N) is 1. The minimum absolute atomic E-state index is 0.466. The first-order valence-electron chi connectivity index (χ1n) is 2.19. The lowest BCUT2D eigenvalue weighted by Crippen LogP contribution is -1.67. The molecule has 1 rings (SSSR count). The molecule has 0 amide bonds. The molecule has 0 aliphatic rings. The lowest BCUT2D eigenvalue weighted by molar-refractivity contribution is 0.727. The molecule has 1 aromatic heterocycles. The Hall–Kier alpha value is -1.12. The van der Waals surface area contributed by atoms with Crippen molar-refractivity contribution >= 4 is 6.08 Å². The van der Waals surface area contributed by atoms with Gasteiger partial charge >= 0.3 is 0 Å². The van der Waals surface area contributed by atoms with E-state index in [0.717, 1.165) is 0 Å². The Balaban J connectivity index is 2.77. The number of halogens is 1. The zero-order valence-electron chi connectivity index (χ0n) is 4.13. The summed E-state index contributed by atoms with van der Waals surface area (Å²) in [6.45, 7) is 0. The molecule has 3 heteroatoms. The number of hydrogen-bond donors (Lipinski definition) is 1. The summed E-state index contributed by atoms with van der Waals surface area (Å²) in [5.74, 6) is 0. The molecule has 0 aromatic carbocycles. The summed E-state index contributed by atoms with van der Waals surface area (Å²) in [6.07, 6.45) is 3.33. The molecule has 8 heavy (non-hydrogen) atoms. The van der Waals surface area contributed by atoms with E-state index in [1.807, 2.05) is 0 Å². The van der Waals surface area contributed by atoms with Crippen LogP contribution in [0.3, 0.4) is 0 Å². The van der Waals surface area contributed by atoms with Gasteiger partial charge in [-0.25, -0.2) is 4.39 Å². The summed E-state index contributed by atoms with van der Waals surface area (Å²) in [7, 11) is 0. The van der Waals surface area contributed by atoms with Crippen LogP contribution in [0.2, 0.25) is 0 Å². The summed E-state index contributed by atoms with van der Waals surface area (Å²) in [4.78, 5) is 0. The number of hydrogen-bond acceptors (Lipinski definition) is 1. The zero-order valence-corrected chi connectivity index (χ0v) is 4.13. The van der Waals surface area contributed by atoms with Crippen LogP contribution in [-0.2, 0) is 0 Å². The van der Waals surface area contributed by atoms with Crippen LogP contribution in [0.5, 0.6) is 0 Å². The van der Waals surface area contributed by atoms with E-state index in [2.05, 4.69) is 10.2 Å². The molecule has 0 radical (unpaired) electrons. The number of H-pyrrole nitrogens is 1. The standard InChI is InChI=1S/C5H5FN2/c6-3-1-5-2-4-7-8-5/h1-4H,(H,7,8). The van der Waals surface area contributed by atoms with Crippen LogP contribution in [-0.4, -0.2) is 10.2 Å². The number of nitrogens with zero attached hydrogens (tertiary/aromatic N) is 1. The van der Waals surface area contributed by atoms with Crippen LogP contribution >= 0.6 is 0 Å². The van der Waals surface area contributed by atoms with Gasteiger partial charge in [-0.3, -0.25) is 5.10 Å². The van der Waals surface area contributed by atoms with Crippen molar-refractivity contribution in [2.24, 2.45) is 0 Å². The first-order valence-corrected chi connectivity index (χ1v) is 2.19. The van der Waals surface area contributed by atoms with E-state index in [1.54, 1.807) is 12.3 Å². The molecule has 0 fully saturated rings. The fourth-order valence-corrected chi connectivity index (χ4v) is 0.427. The molecular formula is C5H5FN2. The lowest BCUT2D eigenvalue weighted by Gasteiger charge is -1.74. The van der Waals surface area contributed by atoms with Gasteiger partial charge in [0.25, 0.3) is 0 Å². The fraction of sp³-hybridized carbons (Fsp3) is 0. The summed E-state index contributed by atoms with van der Waals surface area (Å²) in [6, 6.07) is 1.68. The SMILES string of the molecule is FC=Cc1ccn[nH]1. The van der Waals surface area contributed by atoms with E-state index in [4.69, 9.17) is 0 Å². The van der Waals surface area contributed by atoms with Gasteiger partial charge in [0.15, 0.2) is 0 Å². The maximum absolute atomic E-state index is 11.3. The van der Waals surface area contributed by atoms with Gasteiger partial charge in [0.05, 0.1) is 12.0 Å². The Bertz CT molecular complexity index is 167. The van der Waals surface area contributed by atoms with E-state index >= 15 is 0 Å². The lowest BCUT2D eigenvalue weighted by atomic mass is 10.4. The predicted octanol–water partition coefficient (Wildman–Crippen LogP) is 1.35. The van der Waals surface area contributed by atoms with Gasteiger partial charge in [0.2, 0.25) is 0 Å². The van der Waals surface area contributed by atoms with E-state index in [9.17, 15) is 4.39 Å². The molecule has 0 saturated heterocycles. The molecule has 0 saturated carbocycles. The Morgan fingerprint density at radius 2 is 2.62 bits per heavy atom. The van der Waals surface area contributed by atoms with Crippen molar-refractivity contribution in [2.75, 3.05) is 0 Å². The summed E-state index contributed by atoms with van der Waals surface area (Å²) >= 11 is 0. The molecule has 1 N–H and O–H groups in total. The third-order valence-corrected chi connectivity index (χ3v) is 0.765. The van der Waals surface area contributed by atoms with Crippen molar-refractivity contribution in [1.82, 2.24) is 10.2 Å². The molecule has 2 nitrogen and oxygen atoms in total. The van der Waals surface area contributed by atoms with Crippen LogP contribution in [0, 0.1) is 0 Å². The smallest absolute Gasteiger partial charge is 0.0888 e. The minimum Gasteiger partial charge on any atom is -0.278 e. The van der Waals surface area contributed by atoms with E-state index in [-0.39, 0.29) is 0 Å². The molecule has 42 valence electrons. The maximum atomic E-state index is 11.3. The predicted molar refractivity (Wildman–Crippen MR) is 28.7 cm³/mol. The average molecular weight is 112 g/mol. The van der Waals surface area contributed by atoms with Crippen molar-refractivity contribution in [3.8, 4) is 0 Å². The highest BCUT2D eigenvalue weighted by molar-refractivity contribution is 5.41. The fourth-order valence-electron chi connectivity index (χ4n) is 0.427. The largest absolute Gasteiger partial charge is 0.278 e. The van der Waals surface area contributed by atoms with E-state index in [1.165, 1.54) is 6.08 Å².